The smallest absolute Gasteiger partial charge is 0.0991 e. The van der Waals surface area contributed by atoms with Crippen molar-refractivity contribution >= 4 is 11.8 Å². The number of nitrogens with zero attached hydrogens (tertiary/aromatic N) is 1. The predicted molar refractivity (Wildman–Crippen MR) is 75.2 cm³/mol. The summed E-state index contributed by atoms with van der Waals surface area (Å²) in [5.74, 6) is 1.24. The first-order valence-electron chi connectivity index (χ1n) is 6.00. The van der Waals surface area contributed by atoms with Crippen molar-refractivity contribution < 1.29 is 0 Å². The lowest BCUT2D eigenvalue weighted by Gasteiger charge is -2.14. The minimum absolute atomic E-state index is 0.358. The minimum Gasteiger partial charge on any atom is -0.310 e. The van der Waals surface area contributed by atoms with Gasteiger partial charge in [0.1, 0.15) is 0 Å². The van der Waals surface area contributed by atoms with Crippen LogP contribution in [-0.4, -0.2) is 18.6 Å². The van der Waals surface area contributed by atoms with Gasteiger partial charge >= 0.3 is 0 Å². The van der Waals surface area contributed by atoms with E-state index in [2.05, 4.69) is 24.6 Å². The fourth-order valence-electron chi connectivity index (χ4n) is 1.65. The molecule has 0 amide bonds. The topological polar surface area (TPSA) is 35.8 Å². The molecule has 0 heterocycles. The molecule has 1 aromatic carbocycles. The Labute approximate surface area is 108 Å². The van der Waals surface area contributed by atoms with Crippen LogP contribution in [0.4, 0.5) is 0 Å². The highest BCUT2D eigenvalue weighted by Crippen LogP contribution is 2.13. The molecule has 0 saturated heterocycles. The highest BCUT2D eigenvalue weighted by Gasteiger charge is 2.03. The Morgan fingerprint density at radius 2 is 2.00 bits per heavy atom. The summed E-state index contributed by atoms with van der Waals surface area (Å²) in [5, 5.41) is 12.2. The number of benzene rings is 1. The van der Waals surface area contributed by atoms with Crippen molar-refractivity contribution in [2.45, 2.75) is 25.8 Å². The van der Waals surface area contributed by atoms with Crippen LogP contribution in [-0.2, 0) is 0 Å². The van der Waals surface area contributed by atoms with Crippen LogP contribution in [0.1, 0.15) is 36.9 Å². The molecule has 1 unspecified atom stereocenters. The van der Waals surface area contributed by atoms with Gasteiger partial charge in [-0.2, -0.15) is 17.0 Å². The van der Waals surface area contributed by atoms with Crippen LogP contribution in [0, 0.1) is 11.3 Å². The van der Waals surface area contributed by atoms with Gasteiger partial charge in [-0.05, 0) is 56.0 Å². The minimum atomic E-state index is 0.358. The summed E-state index contributed by atoms with van der Waals surface area (Å²) in [6, 6.07) is 10.3. The quantitative estimate of drug-likeness (QED) is 0.752. The van der Waals surface area contributed by atoms with Crippen molar-refractivity contribution in [3.8, 4) is 6.07 Å². The van der Waals surface area contributed by atoms with Crippen molar-refractivity contribution in [3.63, 3.8) is 0 Å². The zero-order valence-corrected chi connectivity index (χ0v) is 11.4. The van der Waals surface area contributed by atoms with Gasteiger partial charge in [0.05, 0.1) is 11.6 Å². The van der Waals surface area contributed by atoms with Gasteiger partial charge in [0.2, 0.25) is 0 Å². The van der Waals surface area contributed by atoms with Crippen LogP contribution < -0.4 is 5.32 Å². The van der Waals surface area contributed by atoms with E-state index in [1.54, 1.807) is 0 Å². The van der Waals surface area contributed by atoms with Gasteiger partial charge in [-0.3, -0.25) is 0 Å². The fraction of sp³-hybridized carbons (Fsp3) is 0.500. The van der Waals surface area contributed by atoms with Gasteiger partial charge in [0.25, 0.3) is 0 Å². The third kappa shape index (κ3) is 5.25. The first-order valence-corrected chi connectivity index (χ1v) is 7.39. The average molecular weight is 248 g/mol. The summed E-state index contributed by atoms with van der Waals surface area (Å²) in [5.41, 5.74) is 1.97. The van der Waals surface area contributed by atoms with Crippen molar-refractivity contribution in [3.05, 3.63) is 35.4 Å². The molecule has 0 saturated carbocycles. The van der Waals surface area contributed by atoms with E-state index >= 15 is 0 Å². The highest BCUT2D eigenvalue weighted by atomic mass is 32.2. The molecule has 92 valence electrons. The molecule has 17 heavy (non-hydrogen) atoms. The van der Waals surface area contributed by atoms with Gasteiger partial charge in [0, 0.05) is 6.04 Å². The Morgan fingerprint density at radius 3 is 2.59 bits per heavy atom. The van der Waals surface area contributed by atoms with E-state index in [-0.39, 0.29) is 0 Å². The van der Waals surface area contributed by atoms with E-state index in [9.17, 15) is 0 Å². The SMILES string of the molecule is CSCCCCNC(C)c1ccc(C#N)cc1. The summed E-state index contributed by atoms with van der Waals surface area (Å²) in [7, 11) is 0. The van der Waals surface area contributed by atoms with E-state index in [1.807, 2.05) is 36.0 Å². The standard InChI is InChI=1S/C14H20N2S/c1-12(16-9-3-4-10-17-2)14-7-5-13(11-15)6-8-14/h5-8,12,16H,3-4,9-10H2,1-2H3. The number of hydrogen-bond acceptors (Lipinski definition) is 3. The van der Waals surface area contributed by atoms with Crippen molar-refractivity contribution in [2.24, 2.45) is 0 Å². The molecule has 0 radical (unpaired) electrons. The van der Waals surface area contributed by atoms with Crippen LogP contribution >= 0.6 is 11.8 Å². The summed E-state index contributed by atoms with van der Waals surface area (Å²) in [6.07, 6.45) is 4.64. The van der Waals surface area contributed by atoms with Crippen LogP contribution in [0.5, 0.6) is 0 Å². The second-order valence-electron chi connectivity index (χ2n) is 4.11. The molecule has 0 spiro atoms. The molecule has 2 nitrogen and oxygen atoms in total. The molecule has 0 aromatic heterocycles. The number of nitriles is 1. The van der Waals surface area contributed by atoms with E-state index < -0.39 is 0 Å². The van der Waals surface area contributed by atoms with Crippen molar-refractivity contribution in [1.29, 1.82) is 5.26 Å². The molecule has 1 N–H and O–H groups in total. The average Bonchev–Trinajstić information content (AvgIpc) is 2.38. The first-order chi connectivity index (χ1) is 8.27. The van der Waals surface area contributed by atoms with Gasteiger partial charge in [-0.15, -0.1) is 0 Å². The Hall–Kier alpha value is -0.980. The van der Waals surface area contributed by atoms with Crippen LogP contribution in [0.25, 0.3) is 0 Å². The molecule has 1 aromatic rings. The lowest BCUT2D eigenvalue weighted by Crippen LogP contribution is -2.19. The maximum atomic E-state index is 8.72. The number of rotatable bonds is 7. The lowest BCUT2D eigenvalue weighted by molar-refractivity contribution is 0.555. The largest absolute Gasteiger partial charge is 0.310 e. The Balaban J connectivity index is 2.31. The Kier molecular flexibility index (Phi) is 6.76. The summed E-state index contributed by atoms with van der Waals surface area (Å²) in [4.78, 5) is 0. The van der Waals surface area contributed by atoms with Crippen molar-refractivity contribution in [2.75, 3.05) is 18.6 Å². The molecule has 0 aliphatic rings. The lowest BCUT2D eigenvalue weighted by atomic mass is 10.1. The molecule has 0 fully saturated rings. The highest BCUT2D eigenvalue weighted by molar-refractivity contribution is 7.98. The number of thioether (sulfide) groups is 1. The van der Waals surface area contributed by atoms with E-state index in [0.29, 0.717) is 6.04 Å². The van der Waals surface area contributed by atoms with E-state index in [0.717, 1.165) is 12.1 Å². The number of unbranched alkanes of at least 4 members (excludes halogenated alkanes) is 1. The molecule has 0 aliphatic heterocycles. The van der Waals surface area contributed by atoms with Gasteiger partial charge < -0.3 is 5.32 Å². The maximum absolute atomic E-state index is 8.72. The third-order valence-corrected chi connectivity index (χ3v) is 3.46. The van der Waals surface area contributed by atoms with Crippen LogP contribution in [0.2, 0.25) is 0 Å². The molecule has 1 atom stereocenters. The fourth-order valence-corrected chi connectivity index (χ4v) is 2.15. The molecule has 0 aliphatic carbocycles. The normalized spacial score (nSPS) is 12.1. The van der Waals surface area contributed by atoms with Gasteiger partial charge in [-0.25, -0.2) is 0 Å². The molecule has 3 heteroatoms. The predicted octanol–water partition coefficient (Wildman–Crippen LogP) is 3.35. The van der Waals surface area contributed by atoms with Crippen LogP contribution in [0.3, 0.4) is 0 Å². The zero-order chi connectivity index (χ0) is 12.5. The van der Waals surface area contributed by atoms with E-state index in [4.69, 9.17) is 5.26 Å². The molecule has 1 rings (SSSR count). The Bertz CT molecular complexity index is 353. The number of hydrogen-bond donors (Lipinski definition) is 1. The summed E-state index contributed by atoms with van der Waals surface area (Å²) < 4.78 is 0. The van der Waals surface area contributed by atoms with Gasteiger partial charge in [0.15, 0.2) is 0 Å². The first kappa shape index (κ1) is 14.1. The maximum Gasteiger partial charge on any atom is 0.0991 e. The zero-order valence-electron chi connectivity index (χ0n) is 10.6. The van der Waals surface area contributed by atoms with Crippen LogP contribution in [0.15, 0.2) is 24.3 Å². The second kappa shape index (κ2) is 8.16. The molecular weight excluding hydrogens is 228 g/mol. The van der Waals surface area contributed by atoms with Gasteiger partial charge in [-0.1, -0.05) is 12.1 Å². The second-order valence-corrected chi connectivity index (χ2v) is 5.10. The van der Waals surface area contributed by atoms with E-state index in [1.165, 1.54) is 24.2 Å². The van der Waals surface area contributed by atoms with Crippen molar-refractivity contribution in [1.82, 2.24) is 5.32 Å². The number of nitrogens with one attached hydrogen (secondary N) is 1. The Morgan fingerprint density at radius 1 is 1.29 bits per heavy atom. The third-order valence-electron chi connectivity index (χ3n) is 2.77. The summed E-state index contributed by atoms with van der Waals surface area (Å²) in [6.45, 7) is 3.22. The summed E-state index contributed by atoms with van der Waals surface area (Å²) >= 11 is 1.90. The molecular formula is C14H20N2S. The monoisotopic (exact) mass is 248 g/mol. The molecule has 0 bridgehead atoms.